The van der Waals surface area contributed by atoms with Crippen molar-refractivity contribution in [3.05, 3.63) is 68.2 Å². The largest absolute Gasteiger partial charge is 0.309 e. The Morgan fingerprint density at radius 1 is 1.00 bits per heavy atom. The lowest BCUT2D eigenvalue weighted by Crippen LogP contribution is -2.18. The highest BCUT2D eigenvalue weighted by Gasteiger charge is 2.18. The minimum absolute atomic E-state index is 0.0846. The molecule has 0 amide bonds. The molecule has 19 heavy (non-hydrogen) atoms. The molecule has 0 bridgehead atoms. The Morgan fingerprint density at radius 2 is 1.74 bits per heavy atom. The highest BCUT2D eigenvalue weighted by molar-refractivity contribution is 6.34. The molecule has 4 heteroatoms. The van der Waals surface area contributed by atoms with Crippen LogP contribution in [0.5, 0.6) is 0 Å². The molecule has 2 aromatic carbocycles. The van der Waals surface area contributed by atoms with E-state index in [0.29, 0.717) is 10.0 Å². The van der Waals surface area contributed by atoms with Crippen molar-refractivity contribution in [2.24, 2.45) is 0 Å². The van der Waals surface area contributed by atoms with E-state index in [9.17, 15) is 0 Å². The smallest absolute Gasteiger partial charge is 0.0604 e. The molecule has 0 spiro atoms. The van der Waals surface area contributed by atoms with Crippen LogP contribution in [0.3, 0.4) is 0 Å². The number of benzene rings is 2. The maximum absolute atomic E-state index is 6.39. The summed E-state index contributed by atoms with van der Waals surface area (Å²) in [4.78, 5) is 0. The van der Waals surface area contributed by atoms with Crippen molar-refractivity contribution in [3.63, 3.8) is 0 Å². The van der Waals surface area contributed by atoms with Crippen molar-refractivity contribution in [1.29, 1.82) is 0 Å². The van der Waals surface area contributed by atoms with Crippen LogP contribution in [0.1, 0.15) is 22.7 Å². The van der Waals surface area contributed by atoms with Crippen LogP contribution in [-0.2, 0) is 0 Å². The van der Waals surface area contributed by atoms with Gasteiger partial charge in [0, 0.05) is 15.1 Å². The van der Waals surface area contributed by atoms with Crippen molar-refractivity contribution >= 4 is 34.8 Å². The van der Waals surface area contributed by atoms with Gasteiger partial charge in [-0.25, -0.2) is 0 Å². The van der Waals surface area contributed by atoms with Crippen molar-refractivity contribution in [2.45, 2.75) is 13.0 Å². The predicted molar refractivity (Wildman–Crippen MR) is 83.6 cm³/mol. The van der Waals surface area contributed by atoms with E-state index >= 15 is 0 Å². The second-order valence-corrected chi connectivity index (χ2v) is 5.59. The van der Waals surface area contributed by atoms with Crippen LogP contribution in [0.2, 0.25) is 15.1 Å². The van der Waals surface area contributed by atoms with Gasteiger partial charge in [-0.2, -0.15) is 0 Å². The van der Waals surface area contributed by atoms with Gasteiger partial charge in [-0.1, -0.05) is 53.0 Å². The molecule has 0 aromatic heterocycles. The van der Waals surface area contributed by atoms with Gasteiger partial charge in [0.25, 0.3) is 0 Å². The minimum atomic E-state index is -0.0846. The van der Waals surface area contributed by atoms with Crippen LogP contribution in [0, 0.1) is 6.92 Å². The van der Waals surface area contributed by atoms with Gasteiger partial charge in [0.1, 0.15) is 0 Å². The quantitative estimate of drug-likeness (QED) is 0.814. The zero-order valence-corrected chi connectivity index (χ0v) is 12.9. The second kappa shape index (κ2) is 6.15. The summed E-state index contributed by atoms with van der Waals surface area (Å²) in [5, 5.41) is 5.32. The van der Waals surface area contributed by atoms with Gasteiger partial charge < -0.3 is 5.32 Å². The van der Waals surface area contributed by atoms with Crippen molar-refractivity contribution in [3.8, 4) is 0 Å². The first-order valence-corrected chi connectivity index (χ1v) is 7.05. The Kier molecular flexibility index (Phi) is 4.75. The second-order valence-electron chi connectivity index (χ2n) is 4.37. The van der Waals surface area contributed by atoms with E-state index in [1.54, 1.807) is 12.1 Å². The summed E-state index contributed by atoms with van der Waals surface area (Å²) in [7, 11) is 1.88. The number of halogens is 3. The van der Waals surface area contributed by atoms with Crippen molar-refractivity contribution < 1.29 is 0 Å². The van der Waals surface area contributed by atoms with E-state index < -0.39 is 0 Å². The number of hydrogen-bond acceptors (Lipinski definition) is 1. The zero-order valence-electron chi connectivity index (χ0n) is 10.7. The molecule has 0 saturated carbocycles. The number of hydrogen-bond donors (Lipinski definition) is 1. The summed E-state index contributed by atoms with van der Waals surface area (Å²) in [5.41, 5.74) is 2.95. The Hall–Kier alpha value is -0.730. The fourth-order valence-electron chi connectivity index (χ4n) is 2.11. The number of rotatable bonds is 3. The van der Waals surface area contributed by atoms with Crippen LogP contribution < -0.4 is 5.32 Å². The van der Waals surface area contributed by atoms with E-state index in [2.05, 4.69) is 5.32 Å². The van der Waals surface area contributed by atoms with Gasteiger partial charge in [0.05, 0.1) is 6.04 Å². The Morgan fingerprint density at radius 3 is 2.42 bits per heavy atom. The normalized spacial score (nSPS) is 12.5. The lowest BCUT2D eigenvalue weighted by Gasteiger charge is -2.21. The summed E-state index contributed by atoms with van der Waals surface area (Å²) >= 11 is 18.7. The van der Waals surface area contributed by atoms with Crippen LogP contribution in [0.4, 0.5) is 0 Å². The third-order valence-corrected chi connectivity index (χ3v) is 4.19. The molecule has 0 aliphatic carbocycles. The maximum Gasteiger partial charge on any atom is 0.0604 e. The Labute approximate surface area is 128 Å². The molecular formula is C15H14Cl3N. The maximum atomic E-state index is 6.39. The predicted octanol–water partition coefficient (Wildman–Crippen LogP) is 5.26. The fraction of sp³-hybridized carbons (Fsp3) is 0.200. The first kappa shape index (κ1) is 14.7. The molecule has 1 N–H and O–H groups in total. The van der Waals surface area contributed by atoms with Crippen LogP contribution in [0.15, 0.2) is 36.4 Å². The van der Waals surface area contributed by atoms with E-state index in [0.717, 1.165) is 21.7 Å². The molecule has 100 valence electrons. The highest BCUT2D eigenvalue weighted by Crippen LogP contribution is 2.34. The third-order valence-electron chi connectivity index (χ3n) is 3.09. The van der Waals surface area contributed by atoms with E-state index in [1.165, 1.54) is 0 Å². The van der Waals surface area contributed by atoms with Gasteiger partial charge in [0.2, 0.25) is 0 Å². The lowest BCUT2D eigenvalue weighted by atomic mass is 9.97. The van der Waals surface area contributed by atoms with Gasteiger partial charge in [-0.15, -0.1) is 0 Å². The molecule has 0 saturated heterocycles. The van der Waals surface area contributed by atoms with Crippen molar-refractivity contribution in [1.82, 2.24) is 5.32 Å². The van der Waals surface area contributed by atoms with E-state index in [1.807, 2.05) is 38.2 Å². The van der Waals surface area contributed by atoms with Gasteiger partial charge in [-0.3, -0.25) is 0 Å². The number of aryl methyl sites for hydroxylation is 1. The molecule has 0 heterocycles. The molecular weight excluding hydrogens is 301 g/mol. The molecule has 0 radical (unpaired) electrons. The topological polar surface area (TPSA) is 12.0 Å². The molecule has 2 rings (SSSR count). The summed E-state index contributed by atoms with van der Waals surface area (Å²) in [6.45, 7) is 1.98. The summed E-state index contributed by atoms with van der Waals surface area (Å²) in [6, 6.07) is 11.3. The molecule has 0 aliphatic rings. The standard InChI is InChI=1S/C15H14Cl3N/c1-9-4-3-5-11(14(9)18)15(19-2)12-8-10(16)6-7-13(12)17/h3-8,15,19H,1-2H3. The molecule has 1 atom stereocenters. The molecule has 1 nitrogen and oxygen atoms in total. The van der Waals surface area contributed by atoms with Crippen molar-refractivity contribution in [2.75, 3.05) is 7.05 Å². The third kappa shape index (κ3) is 3.06. The van der Waals surface area contributed by atoms with Crippen LogP contribution in [-0.4, -0.2) is 7.05 Å². The number of nitrogens with one attached hydrogen (secondary N) is 1. The van der Waals surface area contributed by atoms with Gasteiger partial charge in [0.15, 0.2) is 0 Å². The lowest BCUT2D eigenvalue weighted by molar-refractivity contribution is 0.692. The Balaban J connectivity index is 2.56. The van der Waals surface area contributed by atoms with E-state index in [4.69, 9.17) is 34.8 Å². The fourth-order valence-corrected chi connectivity index (χ4v) is 2.75. The van der Waals surface area contributed by atoms with Crippen LogP contribution in [0.25, 0.3) is 0 Å². The summed E-state index contributed by atoms with van der Waals surface area (Å²) in [6.07, 6.45) is 0. The summed E-state index contributed by atoms with van der Waals surface area (Å²) in [5.74, 6) is 0. The Bertz CT molecular complexity index is 594. The average molecular weight is 315 g/mol. The van der Waals surface area contributed by atoms with E-state index in [-0.39, 0.29) is 6.04 Å². The molecule has 2 aromatic rings. The zero-order chi connectivity index (χ0) is 14.0. The SMILES string of the molecule is CNC(c1cc(Cl)ccc1Cl)c1cccc(C)c1Cl. The first-order chi connectivity index (χ1) is 9.04. The minimum Gasteiger partial charge on any atom is -0.309 e. The van der Waals surface area contributed by atoms with Crippen LogP contribution >= 0.6 is 34.8 Å². The summed E-state index contributed by atoms with van der Waals surface area (Å²) < 4.78 is 0. The van der Waals surface area contributed by atoms with Gasteiger partial charge >= 0.3 is 0 Å². The molecule has 0 aliphatic heterocycles. The molecule has 0 fully saturated rings. The monoisotopic (exact) mass is 313 g/mol. The molecule has 1 unspecified atom stereocenters. The van der Waals surface area contributed by atoms with Gasteiger partial charge in [-0.05, 0) is 48.9 Å². The average Bonchev–Trinajstić information content (AvgIpc) is 2.39. The highest BCUT2D eigenvalue weighted by atomic mass is 35.5. The first-order valence-electron chi connectivity index (χ1n) is 5.92.